The summed E-state index contributed by atoms with van der Waals surface area (Å²) in [6, 6.07) is 16.3. The normalized spacial score (nSPS) is 17.3. The maximum atomic E-state index is 13.0. The van der Waals surface area contributed by atoms with Gasteiger partial charge in [-0.2, -0.15) is 5.10 Å². The molecule has 3 amide bonds. The number of nitrogens with one attached hydrogen (secondary N) is 3. The zero-order chi connectivity index (χ0) is 24.9. The van der Waals surface area contributed by atoms with Gasteiger partial charge >= 0.3 is 0 Å². The number of aromatic nitrogens is 2. The highest BCUT2D eigenvalue weighted by molar-refractivity contribution is 5.99. The van der Waals surface area contributed by atoms with Crippen molar-refractivity contribution in [3.63, 3.8) is 0 Å². The molecule has 0 saturated heterocycles. The third kappa shape index (κ3) is 5.22. The second kappa shape index (κ2) is 10.6. The van der Waals surface area contributed by atoms with Gasteiger partial charge in [0.25, 0.3) is 5.91 Å². The van der Waals surface area contributed by atoms with E-state index in [2.05, 4.69) is 20.8 Å². The van der Waals surface area contributed by atoms with E-state index in [1.807, 2.05) is 66.7 Å². The Kier molecular flexibility index (Phi) is 6.93. The van der Waals surface area contributed by atoms with Crippen LogP contribution in [0.25, 0.3) is 22.5 Å². The summed E-state index contributed by atoms with van der Waals surface area (Å²) in [6.07, 6.45) is 9.49. The first-order chi connectivity index (χ1) is 17.6. The van der Waals surface area contributed by atoms with Crippen molar-refractivity contribution >= 4 is 29.6 Å². The number of carbonyl (C=O) groups is 3. The van der Waals surface area contributed by atoms with Gasteiger partial charge in [0.1, 0.15) is 6.04 Å². The molecular formula is C28H29N5O3. The number of carbonyl (C=O) groups excluding carboxylic acids is 3. The van der Waals surface area contributed by atoms with E-state index in [0.29, 0.717) is 31.0 Å². The van der Waals surface area contributed by atoms with Crippen LogP contribution in [0.4, 0.5) is 11.4 Å². The molecule has 8 heteroatoms. The van der Waals surface area contributed by atoms with Gasteiger partial charge in [-0.3, -0.25) is 19.5 Å². The van der Waals surface area contributed by atoms with Crippen molar-refractivity contribution in [3.8, 4) is 22.5 Å². The molecule has 0 radical (unpaired) electrons. The Hall–Kier alpha value is -4.20. The number of H-pyrrole nitrogens is 1. The van der Waals surface area contributed by atoms with Crippen molar-refractivity contribution in [2.45, 2.75) is 38.1 Å². The van der Waals surface area contributed by atoms with Crippen molar-refractivity contribution in [2.75, 3.05) is 17.2 Å². The van der Waals surface area contributed by atoms with Crippen molar-refractivity contribution in [1.82, 2.24) is 15.1 Å². The molecule has 0 bridgehead atoms. The van der Waals surface area contributed by atoms with Crippen LogP contribution in [0, 0.1) is 5.92 Å². The quantitative estimate of drug-likeness (QED) is 0.322. The molecule has 1 atom stereocenters. The van der Waals surface area contributed by atoms with Gasteiger partial charge in [0.15, 0.2) is 0 Å². The minimum absolute atomic E-state index is 0.0621. The highest BCUT2D eigenvalue weighted by Crippen LogP contribution is 2.29. The summed E-state index contributed by atoms with van der Waals surface area (Å²) in [6.45, 7) is 0.487. The number of nitrogens with zero attached hydrogens (tertiary/aromatic N) is 2. The first-order valence-corrected chi connectivity index (χ1v) is 12.3. The summed E-state index contributed by atoms with van der Waals surface area (Å²) < 4.78 is 0. The molecule has 1 aliphatic carbocycles. The first kappa shape index (κ1) is 23.5. The second-order valence-electron chi connectivity index (χ2n) is 9.35. The van der Waals surface area contributed by atoms with Crippen LogP contribution in [0.3, 0.4) is 0 Å². The second-order valence-corrected chi connectivity index (χ2v) is 9.35. The minimum Gasteiger partial charge on any atom is -0.329 e. The summed E-state index contributed by atoms with van der Waals surface area (Å²) in [4.78, 5) is 38.0. The molecule has 1 aromatic heterocycles. The van der Waals surface area contributed by atoms with E-state index in [1.165, 1.54) is 12.8 Å². The topological polar surface area (TPSA) is 107 Å². The number of rotatable bonds is 8. The number of benzene rings is 2. The van der Waals surface area contributed by atoms with Crippen LogP contribution < -0.4 is 10.6 Å². The molecule has 0 spiro atoms. The molecule has 2 aliphatic rings. The Morgan fingerprint density at radius 2 is 1.69 bits per heavy atom. The average Bonchev–Trinajstić information content (AvgIpc) is 3.67. The SMILES string of the molecule is O=CNc1ccc(-c2cc(-c3ccc(NC(=O)[C@@H]4C=CCN4C(=O)CC4CCCC4)cc3)[nH]n2)cc1. The van der Waals surface area contributed by atoms with Gasteiger partial charge in [-0.05, 0) is 54.7 Å². The van der Waals surface area contributed by atoms with E-state index in [1.54, 1.807) is 4.90 Å². The standard InChI is InChI=1S/C28H29N5O3/c34-18-29-22-11-7-20(8-12-22)24-17-25(32-31-24)21-9-13-23(14-10-21)30-28(36)26-6-3-15-33(26)27(35)16-19-4-1-2-5-19/h3,6-14,17-19,26H,1-2,4-5,15-16H2,(H,29,34)(H,30,36)(H,31,32)/t26-/m0/s1. The van der Waals surface area contributed by atoms with Gasteiger partial charge in [0.2, 0.25) is 12.3 Å². The third-order valence-electron chi connectivity index (χ3n) is 6.93. The lowest BCUT2D eigenvalue weighted by molar-refractivity contribution is -0.136. The predicted octanol–water partition coefficient (Wildman–Crippen LogP) is 4.60. The number of anilines is 2. The van der Waals surface area contributed by atoms with E-state index in [0.717, 1.165) is 41.0 Å². The largest absolute Gasteiger partial charge is 0.329 e. The fourth-order valence-electron chi connectivity index (χ4n) is 4.96. The van der Waals surface area contributed by atoms with Gasteiger partial charge in [-0.1, -0.05) is 49.3 Å². The molecular weight excluding hydrogens is 454 g/mol. The summed E-state index contributed by atoms with van der Waals surface area (Å²) >= 11 is 0. The maximum Gasteiger partial charge on any atom is 0.251 e. The highest BCUT2D eigenvalue weighted by atomic mass is 16.2. The summed E-state index contributed by atoms with van der Waals surface area (Å²) in [5.74, 6) is 0.316. The summed E-state index contributed by atoms with van der Waals surface area (Å²) in [5, 5.41) is 13.0. The van der Waals surface area contributed by atoms with Crippen molar-refractivity contribution in [1.29, 1.82) is 0 Å². The first-order valence-electron chi connectivity index (χ1n) is 12.3. The smallest absolute Gasteiger partial charge is 0.251 e. The van der Waals surface area contributed by atoms with Crippen molar-refractivity contribution in [3.05, 3.63) is 66.7 Å². The Labute approximate surface area is 209 Å². The van der Waals surface area contributed by atoms with Gasteiger partial charge in [0.05, 0.1) is 11.4 Å². The fourth-order valence-corrected chi connectivity index (χ4v) is 4.96. The highest BCUT2D eigenvalue weighted by Gasteiger charge is 2.32. The Balaban J connectivity index is 1.20. The molecule has 1 aliphatic heterocycles. The lowest BCUT2D eigenvalue weighted by Crippen LogP contribution is -2.43. The number of hydrogen-bond acceptors (Lipinski definition) is 4. The van der Waals surface area contributed by atoms with Crippen molar-refractivity contribution in [2.24, 2.45) is 5.92 Å². The van der Waals surface area contributed by atoms with E-state index in [-0.39, 0.29) is 11.8 Å². The Morgan fingerprint density at radius 1 is 1.00 bits per heavy atom. The van der Waals surface area contributed by atoms with E-state index >= 15 is 0 Å². The molecule has 3 N–H and O–H groups in total. The van der Waals surface area contributed by atoms with Crippen LogP contribution in [-0.2, 0) is 14.4 Å². The molecule has 0 unspecified atom stereocenters. The van der Waals surface area contributed by atoms with Gasteiger partial charge in [0, 0.05) is 29.9 Å². The fraction of sp³-hybridized carbons (Fsp3) is 0.286. The molecule has 2 aromatic carbocycles. The third-order valence-corrected chi connectivity index (χ3v) is 6.93. The van der Waals surface area contributed by atoms with Gasteiger partial charge < -0.3 is 15.5 Å². The van der Waals surface area contributed by atoms with E-state index in [4.69, 9.17) is 0 Å². The van der Waals surface area contributed by atoms with Crippen LogP contribution in [0.5, 0.6) is 0 Å². The van der Waals surface area contributed by atoms with E-state index in [9.17, 15) is 14.4 Å². The maximum absolute atomic E-state index is 13.0. The molecule has 1 saturated carbocycles. The van der Waals surface area contributed by atoms with Crippen LogP contribution in [0.2, 0.25) is 0 Å². The van der Waals surface area contributed by atoms with Crippen LogP contribution in [0.15, 0.2) is 66.7 Å². The number of aromatic amines is 1. The molecule has 36 heavy (non-hydrogen) atoms. The molecule has 5 rings (SSSR count). The van der Waals surface area contributed by atoms with Crippen LogP contribution in [0.1, 0.15) is 32.1 Å². The summed E-state index contributed by atoms with van der Waals surface area (Å²) in [7, 11) is 0. The number of amides is 3. The van der Waals surface area contributed by atoms with Crippen LogP contribution in [-0.4, -0.2) is 45.9 Å². The molecule has 8 nitrogen and oxygen atoms in total. The predicted molar refractivity (Wildman–Crippen MR) is 139 cm³/mol. The molecule has 1 fully saturated rings. The van der Waals surface area contributed by atoms with E-state index < -0.39 is 6.04 Å². The zero-order valence-electron chi connectivity index (χ0n) is 19.9. The van der Waals surface area contributed by atoms with Crippen molar-refractivity contribution < 1.29 is 14.4 Å². The number of hydrogen-bond donors (Lipinski definition) is 3. The van der Waals surface area contributed by atoms with Gasteiger partial charge in [-0.15, -0.1) is 0 Å². The lowest BCUT2D eigenvalue weighted by atomic mass is 10.0. The van der Waals surface area contributed by atoms with Crippen LogP contribution >= 0.6 is 0 Å². The zero-order valence-corrected chi connectivity index (χ0v) is 19.9. The Morgan fingerprint density at radius 3 is 2.42 bits per heavy atom. The lowest BCUT2D eigenvalue weighted by Gasteiger charge is -2.25. The summed E-state index contributed by atoms with van der Waals surface area (Å²) in [5.41, 5.74) is 4.88. The monoisotopic (exact) mass is 483 g/mol. The average molecular weight is 484 g/mol. The van der Waals surface area contributed by atoms with Gasteiger partial charge in [-0.25, -0.2) is 0 Å². The Bertz CT molecular complexity index is 1260. The minimum atomic E-state index is -0.568. The molecule has 2 heterocycles. The molecule has 3 aromatic rings. The molecule has 184 valence electrons.